The second kappa shape index (κ2) is 8.65. The Hall–Kier alpha value is -3.13. The molecule has 2 aromatic rings. The van der Waals surface area contributed by atoms with Crippen LogP contribution in [0.1, 0.15) is 12.5 Å². The lowest BCUT2D eigenvalue weighted by Crippen LogP contribution is -2.24. The van der Waals surface area contributed by atoms with Crippen molar-refractivity contribution < 1.29 is 14.5 Å². The molecule has 2 N–H and O–H groups in total. The molecule has 0 spiro atoms. The van der Waals surface area contributed by atoms with Gasteiger partial charge in [0.25, 0.3) is 0 Å². The lowest BCUT2D eigenvalue weighted by Gasteiger charge is -2.05. The highest BCUT2D eigenvalue weighted by Gasteiger charge is 2.15. The van der Waals surface area contributed by atoms with Crippen LogP contribution in [0.4, 0.5) is 16.2 Å². The molecular weight excluding hydrogens is 348 g/mol. The fourth-order valence-electron chi connectivity index (χ4n) is 1.89. The molecule has 0 aliphatic heterocycles. The molecule has 2 amide bonds. The van der Waals surface area contributed by atoms with E-state index < -0.39 is 11.0 Å². The van der Waals surface area contributed by atoms with Crippen LogP contribution in [0.2, 0.25) is 5.02 Å². The number of carbonyl (C=O) groups excluding carboxylic acids is 1. The molecule has 0 bridgehead atoms. The number of nitro groups is 1. The van der Waals surface area contributed by atoms with Crippen LogP contribution in [-0.4, -0.2) is 23.8 Å². The van der Waals surface area contributed by atoms with Crippen molar-refractivity contribution in [2.75, 3.05) is 11.9 Å². The molecule has 0 radical (unpaired) electrons. The van der Waals surface area contributed by atoms with Crippen molar-refractivity contribution >= 4 is 35.2 Å². The highest BCUT2D eigenvalue weighted by molar-refractivity contribution is 6.30. The van der Waals surface area contributed by atoms with E-state index in [-0.39, 0.29) is 11.4 Å². The van der Waals surface area contributed by atoms with Gasteiger partial charge in [-0.05, 0) is 43.3 Å². The Morgan fingerprint density at radius 3 is 2.68 bits per heavy atom. The predicted molar refractivity (Wildman–Crippen MR) is 95.5 cm³/mol. The first-order valence-electron chi connectivity index (χ1n) is 7.26. The number of benzene rings is 2. The standard InChI is InChI=1S/C16H15ClN4O4/c1-2-25-15-8-3-11(9-14(15)21(23)24)10-18-20-16(22)19-13-6-4-12(17)5-7-13/h3-10H,2H2,1H3,(H2,19,20,22)/b18-10-. The van der Waals surface area contributed by atoms with Crippen LogP contribution in [0, 0.1) is 10.1 Å². The number of nitrogens with one attached hydrogen (secondary N) is 2. The third kappa shape index (κ3) is 5.47. The van der Waals surface area contributed by atoms with E-state index in [1.54, 1.807) is 37.3 Å². The summed E-state index contributed by atoms with van der Waals surface area (Å²) in [6, 6.07) is 10.4. The lowest BCUT2D eigenvalue weighted by atomic mass is 10.2. The van der Waals surface area contributed by atoms with Crippen LogP contribution in [-0.2, 0) is 0 Å². The number of urea groups is 1. The minimum Gasteiger partial charge on any atom is -0.487 e. The predicted octanol–water partition coefficient (Wildman–Crippen LogP) is 3.80. The number of carbonyl (C=O) groups is 1. The molecule has 0 atom stereocenters. The SMILES string of the molecule is CCOc1ccc(/C=N\NC(=O)Nc2ccc(Cl)cc2)cc1[N+](=O)[O-]. The third-order valence-corrected chi connectivity index (χ3v) is 3.21. The average molecular weight is 363 g/mol. The number of halogens is 1. The molecule has 0 fully saturated rings. The molecule has 8 nitrogen and oxygen atoms in total. The number of hydrogen-bond acceptors (Lipinski definition) is 5. The lowest BCUT2D eigenvalue weighted by molar-refractivity contribution is -0.385. The van der Waals surface area contributed by atoms with Crippen molar-refractivity contribution in [2.24, 2.45) is 5.10 Å². The molecule has 0 aliphatic carbocycles. The second-order valence-electron chi connectivity index (χ2n) is 4.75. The summed E-state index contributed by atoms with van der Waals surface area (Å²) in [6.45, 7) is 2.06. The van der Waals surface area contributed by atoms with Gasteiger partial charge in [-0.1, -0.05) is 11.6 Å². The molecule has 25 heavy (non-hydrogen) atoms. The smallest absolute Gasteiger partial charge is 0.339 e. The van der Waals surface area contributed by atoms with Crippen molar-refractivity contribution in [1.29, 1.82) is 0 Å². The number of anilines is 1. The van der Waals surface area contributed by atoms with Gasteiger partial charge in [0.2, 0.25) is 0 Å². The maximum Gasteiger partial charge on any atom is 0.339 e. The summed E-state index contributed by atoms with van der Waals surface area (Å²) in [7, 11) is 0. The maximum atomic E-state index is 11.7. The zero-order valence-corrected chi connectivity index (χ0v) is 14.0. The molecule has 0 saturated heterocycles. The Morgan fingerprint density at radius 1 is 1.32 bits per heavy atom. The van der Waals surface area contributed by atoms with Gasteiger partial charge < -0.3 is 10.1 Å². The van der Waals surface area contributed by atoms with Crippen molar-refractivity contribution in [3.8, 4) is 5.75 Å². The first-order chi connectivity index (χ1) is 12.0. The third-order valence-electron chi connectivity index (χ3n) is 2.96. The Morgan fingerprint density at radius 2 is 2.04 bits per heavy atom. The number of nitro benzene ring substituents is 1. The quantitative estimate of drug-likeness (QED) is 0.463. The summed E-state index contributed by atoms with van der Waals surface area (Å²) in [5.41, 5.74) is 3.09. The van der Waals surface area contributed by atoms with Gasteiger partial charge in [-0.25, -0.2) is 10.2 Å². The van der Waals surface area contributed by atoms with Gasteiger partial charge in [0.15, 0.2) is 5.75 Å². The zero-order chi connectivity index (χ0) is 18.2. The number of rotatable bonds is 6. The summed E-state index contributed by atoms with van der Waals surface area (Å²) in [5.74, 6) is 0.179. The Bertz CT molecular complexity index is 793. The first-order valence-corrected chi connectivity index (χ1v) is 7.64. The second-order valence-corrected chi connectivity index (χ2v) is 5.18. The number of hydrogen-bond donors (Lipinski definition) is 2. The molecule has 2 aromatic carbocycles. The van der Waals surface area contributed by atoms with Crippen molar-refractivity contribution in [2.45, 2.75) is 6.92 Å². The molecule has 2 rings (SSSR count). The van der Waals surface area contributed by atoms with E-state index >= 15 is 0 Å². The minimum atomic E-state index is -0.556. The monoisotopic (exact) mass is 362 g/mol. The number of ether oxygens (including phenoxy) is 1. The van der Waals surface area contributed by atoms with Crippen molar-refractivity contribution in [1.82, 2.24) is 5.43 Å². The Labute approximate surface area is 148 Å². The first kappa shape index (κ1) is 18.2. The summed E-state index contributed by atoms with van der Waals surface area (Å²) >= 11 is 5.76. The summed E-state index contributed by atoms with van der Waals surface area (Å²) in [6.07, 6.45) is 1.30. The zero-order valence-electron chi connectivity index (χ0n) is 13.2. The van der Waals surface area contributed by atoms with Gasteiger partial charge >= 0.3 is 11.7 Å². The van der Waals surface area contributed by atoms with Crippen LogP contribution in [0.5, 0.6) is 5.75 Å². The molecule has 130 valence electrons. The molecule has 0 aromatic heterocycles. The van der Waals surface area contributed by atoms with Crippen molar-refractivity contribution in [3.05, 3.63) is 63.2 Å². The van der Waals surface area contributed by atoms with Crippen LogP contribution in [0.25, 0.3) is 0 Å². The van der Waals surface area contributed by atoms with E-state index in [0.717, 1.165) is 0 Å². The average Bonchev–Trinajstić information content (AvgIpc) is 2.58. The fraction of sp³-hybridized carbons (Fsp3) is 0.125. The van der Waals surface area contributed by atoms with Gasteiger partial charge in [0.05, 0.1) is 17.7 Å². The van der Waals surface area contributed by atoms with Crippen LogP contribution < -0.4 is 15.5 Å². The van der Waals surface area contributed by atoms with Crippen molar-refractivity contribution in [3.63, 3.8) is 0 Å². The number of amides is 2. The van der Waals surface area contributed by atoms with Gasteiger partial charge in [-0.3, -0.25) is 10.1 Å². The van der Waals surface area contributed by atoms with Crippen LogP contribution >= 0.6 is 11.6 Å². The van der Waals surface area contributed by atoms with Crippen LogP contribution in [0.15, 0.2) is 47.6 Å². The Balaban J connectivity index is 1.99. The fourth-order valence-corrected chi connectivity index (χ4v) is 2.02. The van der Waals surface area contributed by atoms with Gasteiger partial charge in [0.1, 0.15) is 0 Å². The molecule has 9 heteroatoms. The summed E-state index contributed by atoms with van der Waals surface area (Å²) in [5, 5.41) is 17.9. The minimum absolute atomic E-state index is 0.170. The van der Waals surface area contributed by atoms with E-state index in [9.17, 15) is 14.9 Å². The molecule has 0 aliphatic rings. The summed E-state index contributed by atoms with van der Waals surface area (Å²) in [4.78, 5) is 22.2. The Kier molecular flexibility index (Phi) is 6.30. The highest BCUT2D eigenvalue weighted by Crippen LogP contribution is 2.27. The van der Waals surface area contributed by atoms with E-state index in [1.165, 1.54) is 18.3 Å². The van der Waals surface area contributed by atoms with E-state index in [1.807, 2.05) is 0 Å². The van der Waals surface area contributed by atoms with E-state index in [0.29, 0.717) is 22.9 Å². The molecular formula is C16H15ClN4O4. The molecule has 0 unspecified atom stereocenters. The topological polar surface area (TPSA) is 106 Å². The molecule has 0 heterocycles. The largest absolute Gasteiger partial charge is 0.487 e. The van der Waals surface area contributed by atoms with E-state index in [2.05, 4.69) is 15.8 Å². The van der Waals surface area contributed by atoms with Crippen LogP contribution in [0.3, 0.4) is 0 Å². The number of nitrogens with zero attached hydrogens (tertiary/aromatic N) is 2. The molecule has 0 saturated carbocycles. The normalized spacial score (nSPS) is 10.5. The van der Waals surface area contributed by atoms with E-state index in [4.69, 9.17) is 16.3 Å². The maximum absolute atomic E-state index is 11.7. The van der Waals surface area contributed by atoms with Gasteiger partial charge in [0, 0.05) is 22.3 Å². The summed E-state index contributed by atoms with van der Waals surface area (Å²) < 4.78 is 5.20. The highest BCUT2D eigenvalue weighted by atomic mass is 35.5. The van der Waals surface area contributed by atoms with Gasteiger partial charge in [-0.2, -0.15) is 5.10 Å². The van der Waals surface area contributed by atoms with Gasteiger partial charge in [-0.15, -0.1) is 0 Å². The number of hydrazone groups is 1.